The smallest absolute Gasteiger partial charge is 0.327 e. The highest BCUT2D eigenvalue weighted by molar-refractivity contribution is 5.80. The fourth-order valence-electron chi connectivity index (χ4n) is 2.27. The number of hydrogen-bond donors (Lipinski definition) is 1. The first-order valence-corrected chi connectivity index (χ1v) is 6.05. The van der Waals surface area contributed by atoms with Gasteiger partial charge in [-0.2, -0.15) is 0 Å². The third kappa shape index (κ3) is 2.95. The molecule has 4 nitrogen and oxygen atoms in total. The van der Waals surface area contributed by atoms with Crippen LogP contribution in [-0.2, 0) is 9.53 Å². The monoisotopic (exact) mass is 228 g/mol. The van der Waals surface area contributed by atoms with Crippen LogP contribution in [0.5, 0.6) is 0 Å². The number of hydrogen-bond acceptors (Lipinski definition) is 4. The maximum atomic E-state index is 11.7. The van der Waals surface area contributed by atoms with E-state index in [1.54, 1.807) is 0 Å². The third-order valence-electron chi connectivity index (χ3n) is 3.65. The lowest BCUT2D eigenvalue weighted by Crippen LogP contribution is -2.58. The highest BCUT2D eigenvalue weighted by Gasteiger charge is 2.36. The molecule has 0 aromatic carbocycles. The van der Waals surface area contributed by atoms with Crippen LogP contribution in [0.15, 0.2) is 0 Å². The summed E-state index contributed by atoms with van der Waals surface area (Å²) in [4.78, 5) is 14.1. The molecular weight excluding hydrogens is 204 g/mol. The summed E-state index contributed by atoms with van der Waals surface area (Å²) in [5.41, 5.74) is -0.597. The lowest BCUT2D eigenvalue weighted by Gasteiger charge is -2.39. The van der Waals surface area contributed by atoms with Gasteiger partial charge in [0.2, 0.25) is 0 Å². The number of methoxy groups -OCH3 is 1. The van der Waals surface area contributed by atoms with Gasteiger partial charge in [-0.15, -0.1) is 0 Å². The second-order valence-electron chi connectivity index (χ2n) is 4.89. The third-order valence-corrected chi connectivity index (χ3v) is 3.65. The first kappa shape index (κ1) is 13.5. The van der Waals surface area contributed by atoms with Gasteiger partial charge in [-0.05, 0) is 40.3 Å². The zero-order chi connectivity index (χ0) is 12.2. The molecule has 1 aliphatic rings. The number of carbonyl (C=O) groups excluding carboxylic acids is 1. The van der Waals surface area contributed by atoms with Crippen molar-refractivity contribution in [1.82, 2.24) is 10.2 Å². The Morgan fingerprint density at radius 1 is 1.56 bits per heavy atom. The molecule has 1 fully saturated rings. The predicted molar refractivity (Wildman–Crippen MR) is 64.4 cm³/mol. The Balaban J connectivity index is 2.64. The standard InChI is InChI=1S/C12H24N2O2/c1-10-7-5-6-8-14(10)9-12(2,13-3)11(15)16-4/h10,13H,5-9H2,1-4H3. The average Bonchev–Trinajstić information content (AvgIpc) is 2.31. The maximum absolute atomic E-state index is 11.7. The van der Waals surface area contributed by atoms with Crippen molar-refractivity contribution in [2.24, 2.45) is 0 Å². The number of nitrogens with one attached hydrogen (secondary N) is 1. The minimum Gasteiger partial charge on any atom is -0.468 e. The van der Waals surface area contributed by atoms with Gasteiger partial charge in [0.25, 0.3) is 0 Å². The number of likely N-dealkylation sites (tertiary alicyclic amines) is 1. The minimum absolute atomic E-state index is 0.187. The van der Waals surface area contributed by atoms with Gasteiger partial charge in [0.05, 0.1) is 7.11 Å². The van der Waals surface area contributed by atoms with E-state index in [2.05, 4.69) is 17.1 Å². The molecule has 0 bridgehead atoms. The van der Waals surface area contributed by atoms with E-state index in [-0.39, 0.29) is 5.97 Å². The molecule has 0 radical (unpaired) electrons. The SMILES string of the molecule is CNC(C)(CN1CCCCC1C)C(=O)OC. The second-order valence-corrected chi connectivity index (χ2v) is 4.89. The summed E-state index contributed by atoms with van der Waals surface area (Å²) in [6.45, 7) is 5.93. The Morgan fingerprint density at radius 2 is 2.25 bits per heavy atom. The van der Waals surface area contributed by atoms with E-state index in [1.165, 1.54) is 26.4 Å². The molecule has 4 heteroatoms. The molecule has 0 spiro atoms. The van der Waals surface area contributed by atoms with Gasteiger partial charge in [-0.25, -0.2) is 0 Å². The van der Waals surface area contributed by atoms with Gasteiger partial charge < -0.3 is 10.1 Å². The van der Waals surface area contributed by atoms with E-state index in [9.17, 15) is 4.79 Å². The fourth-order valence-corrected chi connectivity index (χ4v) is 2.27. The number of carbonyl (C=O) groups is 1. The lowest BCUT2D eigenvalue weighted by atomic mass is 9.97. The van der Waals surface area contributed by atoms with Crippen LogP contribution in [0.25, 0.3) is 0 Å². The van der Waals surface area contributed by atoms with E-state index in [0.717, 1.165) is 13.1 Å². The van der Waals surface area contributed by atoms with Gasteiger partial charge in [0.15, 0.2) is 0 Å². The van der Waals surface area contributed by atoms with Crippen LogP contribution in [0.3, 0.4) is 0 Å². The Morgan fingerprint density at radius 3 is 2.75 bits per heavy atom. The van der Waals surface area contributed by atoms with Gasteiger partial charge in [0.1, 0.15) is 5.54 Å². The lowest BCUT2D eigenvalue weighted by molar-refractivity contribution is -0.148. The van der Waals surface area contributed by atoms with Crippen molar-refractivity contribution in [3.05, 3.63) is 0 Å². The average molecular weight is 228 g/mol. The molecule has 94 valence electrons. The summed E-state index contributed by atoms with van der Waals surface area (Å²) in [5.74, 6) is -0.187. The molecule has 2 unspecified atom stereocenters. The highest BCUT2D eigenvalue weighted by Crippen LogP contribution is 2.19. The fraction of sp³-hybridized carbons (Fsp3) is 0.917. The highest BCUT2D eigenvalue weighted by atomic mass is 16.5. The number of rotatable bonds is 4. The van der Waals surface area contributed by atoms with Crippen LogP contribution < -0.4 is 5.32 Å². The zero-order valence-corrected chi connectivity index (χ0v) is 10.9. The van der Waals surface area contributed by atoms with E-state index in [4.69, 9.17) is 4.74 Å². The van der Waals surface area contributed by atoms with Crippen LogP contribution in [-0.4, -0.2) is 49.7 Å². The molecule has 1 saturated heterocycles. The number of likely N-dealkylation sites (N-methyl/N-ethyl adjacent to an activating group) is 1. The van der Waals surface area contributed by atoms with Crippen molar-refractivity contribution in [3.63, 3.8) is 0 Å². The van der Waals surface area contributed by atoms with Crippen molar-refractivity contribution in [2.45, 2.75) is 44.7 Å². The molecule has 0 saturated carbocycles. The summed E-state index contributed by atoms with van der Waals surface area (Å²) in [5, 5.41) is 3.08. The Hall–Kier alpha value is -0.610. The largest absolute Gasteiger partial charge is 0.468 e. The molecule has 16 heavy (non-hydrogen) atoms. The topological polar surface area (TPSA) is 41.6 Å². The molecule has 1 aliphatic heterocycles. The van der Waals surface area contributed by atoms with Crippen molar-refractivity contribution in [3.8, 4) is 0 Å². The summed E-state index contributed by atoms with van der Waals surface area (Å²) >= 11 is 0. The van der Waals surface area contributed by atoms with Crippen molar-refractivity contribution >= 4 is 5.97 Å². The molecular formula is C12H24N2O2. The normalized spacial score (nSPS) is 26.1. The van der Waals surface area contributed by atoms with Crippen LogP contribution in [0.4, 0.5) is 0 Å². The number of ether oxygens (including phenoxy) is 1. The summed E-state index contributed by atoms with van der Waals surface area (Å²) in [7, 11) is 3.25. The molecule has 2 atom stereocenters. The molecule has 1 heterocycles. The van der Waals surface area contributed by atoms with Crippen molar-refractivity contribution in [2.75, 3.05) is 27.2 Å². The maximum Gasteiger partial charge on any atom is 0.327 e. The van der Waals surface area contributed by atoms with E-state index < -0.39 is 5.54 Å². The van der Waals surface area contributed by atoms with E-state index in [1.807, 2.05) is 14.0 Å². The quantitative estimate of drug-likeness (QED) is 0.729. The number of piperidine rings is 1. The Kier molecular flexibility index (Phi) is 4.74. The molecule has 1 N–H and O–H groups in total. The van der Waals surface area contributed by atoms with Crippen molar-refractivity contribution in [1.29, 1.82) is 0 Å². The van der Waals surface area contributed by atoms with Gasteiger partial charge >= 0.3 is 5.97 Å². The Bertz CT molecular complexity index is 245. The molecule has 0 aromatic rings. The van der Waals surface area contributed by atoms with Crippen molar-refractivity contribution < 1.29 is 9.53 Å². The van der Waals surface area contributed by atoms with E-state index >= 15 is 0 Å². The summed E-state index contributed by atoms with van der Waals surface area (Å²) in [6, 6.07) is 0.561. The zero-order valence-electron chi connectivity index (χ0n) is 10.9. The predicted octanol–water partition coefficient (Wildman–Crippen LogP) is 1.01. The minimum atomic E-state index is -0.597. The molecule has 1 rings (SSSR count). The molecule has 0 aliphatic carbocycles. The first-order chi connectivity index (χ1) is 7.53. The van der Waals surface area contributed by atoms with Crippen LogP contribution >= 0.6 is 0 Å². The van der Waals surface area contributed by atoms with Gasteiger partial charge in [0, 0.05) is 12.6 Å². The summed E-state index contributed by atoms with van der Waals surface area (Å²) in [6.07, 6.45) is 3.75. The molecule has 0 amide bonds. The molecule has 0 aromatic heterocycles. The van der Waals surface area contributed by atoms with Crippen LogP contribution in [0.1, 0.15) is 33.1 Å². The summed E-state index contributed by atoms with van der Waals surface area (Å²) < 4.78 is 4.85. The Labute approximate surface area is 98.3 Å². The number of nitrogens with zero attached hydrogens (tertiary/aromatic N) is 1. The number of esters is 1. The first-order valence-electron chi connectivity index (χ1n) is 6.05. The van der Waals surface area contributed by atoms with Gasteiger partial charge in [-0.1, -0.05) is 6.42 Å². The van der Waals surface area contributed by atoms with Crippen LogP contribution in [0.2, 0.25) is 0 Å². The van der Waals surface area contributed by atoms with Gasteiger partial charge in [-0.3, -0.25) is 9.69 Å². The second kappa shape index (κ2) is 5.64. The van der Waals surface area contributed by atoms with E-state index in [0.29, 0.717) is 6.04 Å². The van der Waals surface area contributed by atoms with Crippen LogP contribution in [0, 0.1) is 0 Å².